The molecule has 4 rings (SSSR count). The summed E-state index contributed by atoms with van der Waals surface area (Å²) in [6.07, 6.45) is -2.72. The van der Waals surface area contributed by atoms with Crippen LogP contribution in [0.1, 0.15) is 31.2 Å². The summed E-state index contributed by atoms with van der Waals surface area (Å²) in [5.41, 5.74) is -0.987. The van der Waals surface area contributed by atoms with Crippen molar-refractivity contribution in [3.8, 4) is 0 Å². The van der Waals surface area contributed by atoms with E-state index in [0.29, 0.717) is 19.1 Å². The van der Waals surface area contributed by atoms with Crippen molar-refractivity contribution >= 4 is 10.0 Å². The zero-order valence-corrected chi connectivity index (χ0v) is 18.3. The Morgan fingerprint density at radius 1 is 1.23 bits per heavy atom. The number of sulfonamides is 1. The van der Waals surface area contributed by atoms with Crippen LogP contribution in [-0.2, 0) is 20.9 Å². The highest BCUT2D eigenvalue weighted by atomic mass is 32.2. The Balaban J connectivity index is 1.42. The van der Waals surface area contributed by atoms with Crippen molar-refractivity contribution in [3.63, 3.8) is 0 Å². The van der Waals surface area contributed by atoms with Gasteiger partial charge in [-0.05, 0) is 50.8 Å². The van der Waals surface area contributed by atoms with E-state index in [1.807, 2.05) is 0 Å². The number of rotatable bonds is 5. The Hall–Kier alpha value is -1.23. The third kappa shape index (κ3) is 3.99. The lowest BCUT2D eigenvalue weighted by atomic mass is 9.87. The summed E-state index contributed by atoms with van der Waals surface area (Å²) in [6.45, 7) is 6.89. The van der Waals surface area contributed by atoms with Gasteiger partial charge in [-0.3, -0.25) is 0 Å². The standard InChI is InChI=1S/C20H28F3N3O3S/c1-13-17(4-5-18(24-13)20(21,22)23)30(27,28)26-8-14-6-16(7-15(14)9-26)25(3)10-19(2)11-29-12-19/h4-5,14-16H,6-12H2,1-3H3. The van der Waals surface area contributed by atoms with Crippen LogP contribution in [0.15, 0.2) is 17.0 Å². The highest BCUT2D eigenvalue weighted by Gasteiger charge is 2.47. The highest BCUT2D eigenvalue weighted by molar-refractivity contribution is 7.89. The average Bonchev–Trinajstić information content (AvgIpc) is 3.18. The van der Waals surface area contributed by atoms with Gasteiger partial charge >= 0.3 is 6.18 Å². The van der Waals surface area contributed by atoms with E-state index in [0.717, 1.165) is 44.7 Å². The normalized spacial score (nSPS) is 29.2. The number of aryl methyl sites for hydroxylation is 1. The molecule has 1 saturated carbocycles. The van der Waals surface area contributed by atoms with Crippen molar-refractivity contribution in [3.05, 3.63) is 23.5 Å². The molecule has 0 spiro atoms. The summed E-state index contributed by atoms with van der Waals surface area (Å²) in [6, 6.07) is 2.20. The van der Waals surface area contributed by atoms with Gasteiger partial charge in [-0.25, -0.2) is 13.4 Å². The molecule has 30 heavy (non-hydrogen) atoms. The molecule has 2 atom stereocenters. The third-order valence-corrected chi connectivity index (χ3v) is 8.76. The van der Waals surface area contributed by atoms with Crippen LogP contribution in [0.5, 0.6) is 0 Å². The van der Waals surface area contributed by atoms with Crippen molar-refractivity contribution in [2.24, 2.45) is 17.3 Å². The van der Waals surface area contributed by atoms with Crippen LogP contribution in [0, 0.1) is 24.2 Å². The fraction of sp³-hybridized carbons (Fsp3) is 0.750. The molecule has 2 saturated heterocycles. The molecule has 168 valence electrons. The van der Waals surface area contributed by atoms with Gasteiger partial charge in [0.2, 0.25) is 10.0 Å². The van der Waals surface area contributed by atoms with E-state index in [9.17, 15) is 21.6 Å². The van der Waals surface area contributed by atoms with Crippen LogP contribution >= 0.6 is 0 Å². The SMILES string of the molecule is Cc1nc(C(F)(F)F)ccc1S(=O)(=O)N1CC2CC(N(C)CC3(C)COC3)CC2C1. The van der Waals surface area contributed by atoms with Crippen molar-refractivity contribution in [2.45, 2.75) is 43.8 Å². The Morgan fingerprint density at radius 2 is 1.83 bits per heavy atom. The number of halogens is 3. The maximum Gasteiger partial charge on any atom is 0.433 e. The molecule has 0 amide bonds. The highest BCUT2D eigenvalue weighted by Crippen LogP contribution is 2.43. The van der Waals surface area contributed by atoms with Gasteiger partial charge in [0.1, 0.15) is 10.6 Å². The van der Waals surface area contributed by atoms with Crippen molar-refractivity contribution in [1.82, 2.24) is 14.2 Å². The molecular formula is C20H28F3N3O3S. The fourth-order valence-corrected chi connectivity index (χ4v) is 6.88. The fourth-order valence-electron chi connectivity index (χ4n) is 5.17. The molecule has 0 radical (unpaired) electrons. The Bertz CT molecular complexity index is 904. The first-order valence-electron chi connectivity index (χ1n) is 10.2. The second-order valence-corrected chi connectivity index (χ2v) is 11.4. The van der Waals surface area contributed by atoms with Gasteiger partial charge in [0, 0.05) is 31.1 Å². The van der Waals surface area contributed by atoms with E-state index in [1.165, 1.54) is 11.2 Å². The van der Waals surface area contributed by atoms with Gasteiger partial charge in [0.05, 0.1) is 18.9 Å². The summed E-state index contributed by atoms with van der Waals surface area (Å²) in [5.74, 6) is 0.556. The lowest BCUT2D eigenvalue weighted by Crippen LogP contribution is -2.50. The molecule has 10 heteroatoms. The topological polar surface area (TPSA) is 62.7 Å². The zero-order valence-electron chi connectivity index (χ0n) is 17.4. The Labute approximate surface area is 175 Å². The first-order chi connectivity index (χ1) is 13.9. The van der Waals surface area contributed by atoms with Crippen molar-refractivity contribution in [2.75, 3.05) is 39.9 Å². The number of alkyl halides is 3. The van der Waals surface area contributed by atoms with Gasteiger partial charge < -0.3 is 9.64 Å². The number of ether oxygens (including phenoxy) is 1. The number of aromatic nitrogens is 1. The monoisotopic (exact) mass is 447 g/mol. The van der Waals surface area contributed by atoms with Crippen LogP contribution in [0.3, 0.4) is 0 Å². The van der Waals surface area contributed by atoms with E-state index < -0.39 is 21.9 Å². The Morgan fingerprint density at radius 3 is 2.30 bits per heavy atom. The summed E-state index contributed by atoms with van der Waals surface area (Å²) >= 11 is 0. The van der Waals surface area contributed by atoms with Crippen LogP contribution in [0.25, 0.3) is 0 Å². The van der Waals surface area contributed by atoms with Gasteiger partial charge in [0.25, 0.3) is 0 Å². The molecule has 0 aromatic carbocycles. The third-order valence-electron chi connectivity index (χ3n) is 6.79. The molecule has 3 heterocycles. The molecule has 3 fully saturated rings. The molecule has 2 unspecified atom stereocenters. The minimum absolute atomic E-state index is 0.115. The van der Waals surface area contributed by atoms with Crippen molar-refractivity contribution in [1.29, 1.82) is 0 Å². The lowest BCUT2D eigenvalue weighted by Gasteiger charge is -2.42. The average molecular weight is 448 g/mol. The second kappa shape index (κ2) is 7.43. The molecule has 3 aliphatic rings. The van der Waals surface area contributed by atoms with Gasteiger partial charge in [-0.15, -0.1) is 0 Å². The van der Waals surface area contributed by atoms with Gasteiger partial charge in [-0.2, -0.15) is 17.5 Å². The van der Waals surface area contributed by atoms with E-state index in [4.69, 9.17) is 4.74 Å². The maximum absolute atomic E-state index is 13.1. The van der Waals surface area contributed by atoms with Crippen LogP contribution in [0.2, 0.25) is 0 Å². The Kier molecular flexibility index (Phi) is 5.44. The molecule has 1 aromatic rings. The minimum atomic E-state index is -4.60. The zero-order chi connectivity index (χ0) is 21.9. The van der Waals surface area contributed by atoms with E-state index >= 15 is 0 Å². The quantitative estimate of drug-likeness (QED) is 0.695. The number of hydrogen-bond donors (Lipinski definition) is 0. The summed E-state index contributed by atoms with van der Waals surface area (Å²) in [7, 11) is -1.74. The number of fused-ring (bicyclic) bond motifs is 1. The largest absolute Gasteiger partial charge is 0.433 e. The first-order valence-corrected chi connectivity index (χ1v) is 11.7. The molecule has 1 aliphatic carbocycles. The van der Waals surface area contributed by atoms with Gasteiger partial charge in [0.15, 0.2) is 0 Å². The molecule has 2 aliphatic heterocycles. The lowest BCUT2D eigenvalue weighted by molar-refractivity contribution is -0.141. The van der Waals surface area contributed by atoms with Crippen molar-refractivity contribution < 1.29 is 26.3 Å². The number of hydrogen-bond acceptors (Lipinski definition) is 5. The van der Waals surface area contributed by atoms with E-state index in [-0.39, 0.29) is 27.8 Å². The van der Waals surface area contributed by atoms with Gasteiger partial charge in [-0.1, -0.05) is 6.92 Å². The molecule has 1 aromatic heterocycles. The predicted octanol–water partition coefficient (Wildman–Crippen LogP) is 2.78. The summed E-state index contributed by atoms with van der Waals surface area (Å²) in [5, 5.41) is 0. The first kappa shape index (κ1) is 22.0. The molecule has 6 nitrogen and oxygen atoms in total. The molecule has 0 N–H and O–H groups in total. The van der Waals surface area contributed by atoms with E-state index in [2.05, 4.69) is 23.9 Å². The second-order valence-electron chi connectivity index (χ2n) is 9.46. The molecule has 0 bridgehead atoms. The predicted molar refractivity (Wildman–Crippen MR) is 104 cm³/mol. The van der Waals surface area contributed by atoms with Crippen LogP contribution in [-0.4, -0.2) is 68.5 Å². The van der Waals surface area contributed by atoms with E-state index in [1.54, 1.807) is 0 Å². The minimum Gasteiger partial charge on any atom is -0.380 e. The van der Waals surface area contributed by atoms with Crippen LogP contribution in [0.4, 0.5) is 13.2 Å². The summed E-state index contributed by atoms with van der Waals surface area (Å²) < 4.78 is 71.5. The maximum atomic E-state index is 13.1. The summed E-state index contributed by atoms with van der Waals surface area (Å²) in [4.78, 5) is 5.73. The number of nitrogens with zero attached hydrogens (tertiary/aromatic N) is 3. The number of pyridine rings is 1. The smallest absolute Gasteiger partial charge is 0.380 e. The molecular weight excluding hydrogens is 419 g/mol. The van der Waals surface area contributed by atoms with Crippen LogP contribution < -0.4 is 0 Å².